The predicted molar refractivity (Wildman–Crippen MR) is 68.1 cm³/mol. The van der Waals surface area contributed by atoms with Crippen LogP contribution in [0.2, 0.25) is 0 Å². The average Bonchev–Trinajstić information content (AvgIpc) is 2.87. The van der Waals surface area contributed by atoms with E-state index >= 15 is 0 Å². The summed E-state index contributed by atoms with van der Waals surface area (Å²) in [5.41, 5.74) is 7.47. The zero-order valence-electron chi connectivity index (χ0n) is 10.4. The molecule has 0 amide bonds. The van der Waals surface area contributed by atoms with E-state index in [1.165, 1.54) is 0 Å². The van der Waals surface area contributed by atoms with Crippen LogP contribution < -0.4 is 5.73 Å². The van der Waals surface area contributed by atoms with Gasteiger partial charge in [0.25, 0.3) is 0 Å². The highest BCUT2D eigenvalue weighted by Crippen LogP contribution is 2.35. The second kappa shape index (κ2) is 3.92. The molecule has 0 radical (unpaired) electrons. The van der Waals surface area contributed by atoms with Crippen LogP contribution in [-0.2, 0) is 6.42 Å². The van der Waals surface area contributed by atoms with E-state index in [9.17, 15) is 4.39 Å². The number of aryl methyl sites for hydroxylation is 1. The van der Waals surface area contributed by atoms with E-state index in [2.05, 4.69) is 4.98 Å². The third kappa shape index (κ3) is 2.04. The molecular formula is C14H16FN3. The second-order valence-electron chi connectivity index (χ2n) is 5.17. The van der Waals surface area contributed by atoms with Crippen molar-refractivity contribution < 1.29 is 4.39 Å². The fourth-order valence-corrected chi connectivity index (χ4v) is 2.23. The van der Waals surface area contributed by atoms with Gasteiger partial charge >= 0.3 is 0 Å². The number of nitrogens with zero attached hydrogens (tertiary/aromatic N) is 2. The highest BCUT2D eigenvalue weighted by Gasteiger charge is 2.38. The zero-order valence-corrected chi connectivity index (χ0v) is 10.4. The largest absolute Gasteiger partial charge is 0.325 e. The van der Waals surface area contributed by atoms with Crippen LogP contribution in [0.3, 0.4) is 0 Å². The Morgan fingerprint density at radius 3 is 2.78 bits per heavy atom. The molecule has 0 aliphatic heterocycles. The van der Waals surface area contributed by atoms with Gasteiger partial charge in [-0.05, 0) is 43.9 Å². The monoisotopic (exact) mass is 245 g/mol. The van der Waals surface area contributed by atoms with Gasteiger partial charge in [0.05, 0.1) is 5.69 Å². The molecule has 18 heavy (non-hydrogen) atoms. The van der Waals surface area contributed by atoms with Gasteiger partial charge in [0, 0.05) is 17.9 Å². The Bertz CT molecular complexity index is 584. The third-order valence-corrected chi connectivity index (χ3v) is 3.55. The summed E-state index contributed by atoms with van der Waals surface area (Å²) in [6.07, 6.45) is 6.27. The number of rotatable bonds is 3. The van der Waals surface area contributed by atoms with E-state index in [-0.39, 0.29) is 11.4 Å². The van der Waals surface area contributed by atoms with Gasteiger partial charge in [0.15, 0.2) is 0 Å². The van der Waals surface area contributed by atoms with Crippen LogP contribution in [0.15, 0.2) is 30.6 Å². The number of halogens is 1. The van der Waals surface area contributed by atoms with Crippen molar-refractivity contribution in [3.8, 4) is 5.69 Å². The quantitative estimate of drug-likeness (QED) is 0.902. The molecule has 0 atom stereocenters. The molecular weight excluding hydrogens is 229 g/mol. The van der Waals surface area contributed by atoms with Gasteiger partial charge in [-0.25, -0.2) is 9.37 Å². The van der Waals surface area contributed by atoms with Crippen molar-refractivity contribution in [1.82, 2.24) is 9.55 Å². The molecule has 1 heterocycles. The fraction of sp³-hybridized carbons (Fsp3) is 0.357. The Balaban J connectivity index is 1.92. The van der Waals surface area contributed by atoms with E-state index in [4.69, 9.17) is 5.73 Å². The van der Waals surface area contributed by atoms with Crippen molar-refractivity contribution in [2.45, 2.75) is 31.7 Å². The molecule has 94 valence electrons. The fourth-order valence-electron chi connectivity index (χ4n) is 2.23. The number of imidazole rings is 1. The molecule has 2 N–H and O–H groups in total. The summed E-state index contributed by atoms with van der Waals surface area (Å²) in [4.78, 5) is 4.10. The van der Waals surface area contributed by atoms with Gasteiger partial charge in [-0.15, -0.1) is 0 Å². The standard InChI is InChI=1S/C14H16FN3/c1-10-17-6-7-18(10)13-3-2-11(8-12(13)15)9-14(16)4-5-14/h2-3,6-8H,4-5,9,16H2,1H3. The first-order chi connectivity index (χ1) is 8.57. The molecule has 3 rings (SSSR count). The molecule has 1 aromatic carbocycles. The molecule has 0 unspecified atom stereocenters. The number of benzene rings is 1. The lowest BCUT2D eigenvalue weighted by atomic mass is 10.0. The zero-order chi connectivity index (χ0) is 12.8. The Labute approximate surface area is 105 Å². The van der Waals surface area contributed by atoms with Crippen molar-refractivity contribution >= 4 is 0 Å². The van der Waals surface area contributed by atoms with E-state index in [1.54, 1.807) is 29.1 Å². The predicted octanol–water partition coefficient (Wildman–Crippen LogP) is 2.35. The molecule has 0 spiro atoms. The lowest BCUT2D eigenvalue weighted by molar-refractivity contribution is 0.608. The number of aromatic nitrogens is 2. The maximum Gasteiger partial charge on any atom is 0.147 e. The molecule has 0 bridgehead atoms. The molecule has 4 heteroatoms. The molecule has 1 saturated carbocycles. The summed E-state index contributed by atoms with van der Waals surface area (Å²) in [7, 11) is 0. The Kier molecular flexibility index (Phi) is 2.48. The summed E-state index contributed by atoms with van der Waals surface area (Å²) in [5.74, 6) is 0.553. The van der Waals surface area contributed by atoms with E-state index in [0.717, 1.165) is 30.7 Å². The van der Waals surface area contributed by atoms with Gasteiger partial charge in [-0.1, -0.05) is 6.07 Å². The number of hydrogen-bond acceptors (Lipinski definition) is 2. The summed E-state index contributed by atoms with van der Waals surface area (Å²) < 4.78 is 15.8. The lowest BCUT2D eigenvalue weighted by Crippen LogP contribution is -2.24. The van der Waals surface area contributed by atoms with Crippen LogP contribution in [0.5, 0.6) is 0 Å². The molecule has 3 nitrogen and oxygen atoms in total. The summed E-state index contributed by atoms with van der Waals surface area (Å²) in [6.45, 7) is 1.85. The maximum atomic E-state index is 14.1. The molecule has 1 aromatic heterocycles. The molecule has 1 fully saturated rings. The van der Waals surface area contributed by atoms with E-state index in [1.807, 2.05) is 13.0 Å². The summed E-state index contributed by atoms with van der Waals surface area (Å²) in [6, 6.07) is 5.33. The van der Waals surface area contributed by atoms with Gasteiger partial charge in [0.1, 0.15) is 11.6 Å². The van der Waals surface area contributed by atoms with Crippen molar-refractivity contribution in [2.24, 2.45) is 5.73 Å². The van der Waals surface area contributed by atoms with Gasteiger partial charge < -0.3 is 10.3 Å². The highest BCUT2D eigenvalue weighted by atomic mass is 19.1. The van der Waals surface area contributed by atoms with Crippen molar-refractivity contribution in [2.75, 3.05) is 0 Å². The minimum atomic E-state index is -0.224. The first-order valence-corrected chi connectivity index (χ1v) is 6.15. The smallest absolute Gasteiger partial charge is 0.147 e. The van der Waals surface area contributed by atoms with Crippen LogP contribution in [0, 0.1) is 12.7 Å². The molecule has 0 saturated heterocycles. The maximum absolute atomic E-state index is 14.1. The minimum absolute atomic E-state index is 0.0844. The molecule has 1 aliphatic carbocycles. The summed E-state index contributed by atoms with van der Waals surface area (Å²) in [5, 5.41) is 0. The Hall–Kier alpha value is -1.68. The highest BCUT2D eigenvalue weighted by molar-refractivity contribution is 5.38. The van der Waals surface area contributed by atoms with Crippen LogP contribution in [0.25, 0.3) is 5.69 Å². The van der Waals surface area contributed by atoms with E-state index in [0.29, 0.717) is 5.69 Å². The van der Waals surface area contributed by atoms with Crippen molar-refractivity contribution in [3.63, 3.8) is 0 Å². The van der Waals surface area contributed by atoms with E-state index < -0.39 is 0 Å². The Morgan fingerprint density at radius 2 is 2.22 bits per heavy atom. The van der Waals surface area contributed by atoms with Crippen LogP contribution in [-0.4, -0.2) is 15.1 Å². The summed E-state index contributed by atoms with van der Waals surface area (Å²) >= 11 is 0. The number of hydrogen-bond donors (Lipinski definition) is 1. The third-order valence-electron chi connectivity index (χ3n) is 3.55. The minimum Gasteiger partial charge on any atom is -0.325 e. The topological polar surface area (TPSA) is 43.8 Å². The normalized spacial score (nSPS) is 16.8. The first kappa shape index (κ1) is 11.4. The second-order valence-corrected chi connectivity index (χ2v) is 5.17. The number of nitrogens with two attached hydrogens (primary N) is 1. The SMILES string of the molecule is Cc1nccn1-c1ccc(CC2(N)CC2)cc1F. The first-order valence-electron chi connectivity index (χ1n) is 6.15. The van der Waals surface area contributed by atoms with Crippen LogP contribution >= 0.6 is 0 Å². The molecule has 1 aliphatic rings. The van der Waals surface area contributed by atoms with Gasteiger partial charge in [0.2, 0.25) is 0 Å². The van der Waals surface area contributed by atoms with Crippen LogP contribution in [0.1, 0.15) is 24.2 Å². The van der Waals surface area contributed by atoms with Crippen LogP contribution in [0.4, 0.5) is 4.39 Å². The van der Waals surface area contributed by atoms with Gasteiger partial charge in [-0.2, -0.15) is 0 Å². The Morgan fingerprint density at radius 1 is 1.44 bits per heavy atom. The average molecular weight is 245 g/mol. The lowest BCUT2D eigenvalue weighted by Gasteiger charge is -2.11. The van der Waals surface area contributed by atoms with Gasteiger partial charge in [-0.3, -0.25) is 0 Å². The van der Waals surface area contributed by atoms with Crippen molar-refractivity contribution in [1.29, 1.82) is 0 Å². The molecule has 2 aromatic rings. The van der Waals surface area contributed by atoms with Crippen molar-refractivity contribution in [3.05, 3.63) is 47.8 Å².